The van der Waals surface area contributed by atoms with Crippen molar-refractivity contribution in [3.8, 4) is 5.69 Å². The van der Waals surface area contributed by atoms with Crippen LogP contribution in [0.15, 0.2) is 30.3 Å². The van der Waals surface area contributed by atoms with Gasteiger partial charge in [-0.05, 0) is 25.0 Å². The largest absolute Gasteiger partial charge is 0.382 e. The molecule has 1 aliphatic heterocycles. The predicted molar refractivity (Wildman–Crippen MR) is 78.3 cm³/mol. The van der Waals surface area contributed by atoms with Crippen molar-refractivity contribution < 1.29 is 0 Å². The first-order valence-electron chi connectivity index (χ1n) is 6.33. The standard InChI is InChI=1S/C13H15N5S/c14-12-11(13(19)17-8-4-5-9-17)15-16-18(12)10-6-2-1-3-7-10/h1-3,6-7H,4-5,8-9,14H2. The lowest BCUT2D eigenvalue weighted by molar-refractivity contribution is 0.529. The lowest BCUT2D eigenvalue weighted by atomic mass is 10.3. The minimum absolute atomic E-state index is 0.503. The van der Waals surface area contributed by atoms with Gasteiger partial charge in [-0.25, -0.2) is 0 Å². The summed E-state index contributed by atoms with van der Waals surface area (Å²) in [6.07, 6.45) is 2.35. The molecule has 0 saturated carbocycles. The normalized spacial score (nSPS) is 14.8. The minimum Gasteiger partial charge on any atom is -0.382 e. The monoisotopic (exact) mass is 273 g/mol. The summed E-state index contributed by atoms with van der Waals surface area (Å²) >= 11 is 5.46. The van der Waals surface area contributed by atoms with E-state index in [1.54, 1.807) is 4.68 Å². The molecule has 98 valence electrons. The molecule has 0 aliphatic carbocycles. The lowest BCUT2D eigenvalue weighted by Gasteiger charge is -2.16. The first kappa shape index (κ1) is 12.1. The maximum atomic E-state index is 6.13. The van der Waals surface area contributed by atoms with E-state index in [1.807, 2.05) is 30.3 Å². The van der Waals surface area contributed by atoms with Crippen LogP contribution in [0.25, 0.3) is 5.69 Å². The summed E-state index contributed by atoms with van der Waals surface area (Å²) in [5.74, 6) is 0.503. The quantitative estimate of drug-likeness (QED) is 0.843. The number of rotatable bonds is 2. The van der Waals surface area contributed by atoms with E-state index in [2.05, 4.69) is 15.2 Å². The van der Waals surface area contributed by atoms with Gasteiger partial charge in [0.15, 0.2) is 11.5 Å². The Morgan fingerprint density at radius 1 is 1.16 bits per heavy atom. The van der Waals surface area contributed by atoms with Gasteiger partial charge in [0.1, 0.15) is 4.99 Å². The lowest BCUT2D eigenvalue weighted by Crippen LogP contribution is -2.27. The molecule has 19 heavy (non-hydrogen) atoms. The summed E-state index contributed by atoms with van der Waals surface area (Å²) in [6.45, 7) is 1.97. The number of nitrogens with two attached hydrogens (primary N) is 1. The highest BCUT2D eigenvalue weighted by Crippen LogP contribution is 2.19. The van der Waals surface area contributed by atoms with E-state index in [9.17, 15) is 0 Å². The van der Waals surface area contributed by atoms with Gasteiger partial charge < -0.3 is 10.6 Å². The highest BCUT2D eigenvalue weighted by Gasteiger charge is 2.22. The van der Waals surface area contributed by atoms with Gasteiger partial charge >= 0.3 is 0 Å². The van der Waals surface area contributed by atoms with Crippen LogP contribution in [0.3, 0.4) is 0 Å². The van der Waals surface area contributed by atoms with Crippen molar-refractivity contribution in [1.29, 1.82) is 0 Å². The number of likely N-dealkylation sites (tertiary alicyclic amines) is 1. The highest BCUT2D eigenvalue weighted by molar-refractivity contribution is 7.80. The fraction of sp³-hybridized carbons (Fsp3) is 0.308. The number of nitrogen functional groups attached to an aromatic ring is 1. The summed E-state index contributed by atoms with van der Waals surface area (Å²) in [7, 11) is 0. The second-order valence-electron chi connectivity index (χ2n) is 4.57. The average molecular weight is 273 g/mol. The second-order valence-corrected chi connectivity index (χ2v) is 4.96. The summed E-state index contributed by atoms with van der Waals surface area (Å²) in [5, 5.41) is 8.25. The Morgan fingerprint density at radius 3 is 2.53 bits per heavy atom. The fourth-order valence-corrected chi connectivity index (χ4v) is 2.60. The Balaban J connectivity index is 1.93. The van der Waals surface area contributed by atoms with Crippen molar-refractivity contribution in [3.05, 3.63) is 36.0 Å². The molecular formula is C13H15N5S. The first-order chi connectivity index (χ1) is 9.27. The molecule has 0 amide bonds. The first-order valence-corrected chi connectivity index (χ1v) is 6.74. The van der Waals surface area contributed by atoms with Crippen LogP contribution < -0.4 is 5.73 Å². The number of hydrogen-bond acceptors (Lipinski definition) is 4. The van der Waals surface area contributed by atoms with Gasteiger partial charge in [0, 0.05) is 13.1 Å². The molecule has 1 aliphatic rings. The van der Waals surface area contributed by atoms with E-state index in [0.717, 1.165) is 18.8 Å². The van der Waals surface area contributed by atoms with Crippen molar-refractivity contribution in [2.24, 2.45) is 0 Å². The van der Waals surface area contributed by atoms with E-state index in [-0.39, 0.29) is 0 Å². The number of thiocarbonyl (C=S) groups is 1. The molecule has 0 atom stereocenters. The molecule has 0 spiro atoms. The molecule has 0 bridgehead atoms. The third-order valence-electron chi connectivity index (χ3n) is 3.30. The van der Waals surface area contributed by atoms with Gasteiger partial charge in [-0.15, -0.1) is 5.10 Å². The number of para-hydroxylation sites is 1. The van der Waals surface area contributed by atoms with E-state index >= 15 is 0 Å². The molecule has 3 rings (SSSR count). The van der Waals surface area contributed by atoms with Gasteiger partial charge in [-0.3, -0.25) is 0 Å². The third kappa shape index (κ3) is 2.19. The Hall–Kier alpha value is -1.95. The summed E-state index contributed by atoms with van der Waals surface area (Å²) < 4.78 is 1.62. The van der Waals surface area contributed by atoms with E-state index < -0.39 is 0 Å². The molecule has 1 fully saturated rings. The SMILES string of the molecule is Nc1c(C(=S)N2CCCC2)nnn1-c1ccccc1. The highest BCUT2D eigenvalue weighted by atomic mass is 32.1. The van der Waals surface area contributed by atoms with Crippen molar-refractivity contribution >= 4 is 23.0 Å². The summed E-state index contributed by atoms with van der Waals surface area (Å²) in [4.78, 5) is 2.85. The zero-order chi connectivity index (χ0) is 13.2. The van der Waals surface area contributed by atoms with E-state index in [1.165, 1.54) is 12.8 Å². The van der Waals surface area contributed by atoms with Gasteiger partial charge in [0.2, 0.25) is 0 Å². The van der Waals surface area contributed by atoms with Crippen LogP contribution in [0.4, 0.5) is 5.82 Å². The maximum Gasteiger partial charge on any atom is 0.164 e. The van der Waals surface area contributed by atoms with Crippen LogP contribution in [0.5, 0.6) is 0 Å². The smallest absolute Gasteiger partial charge is 0.164 e. The Labute approximate surface area is 117 Å². The zero-order valence-electron chi connectivity index (χ0n) is 10.5. The van der Waals surface area contributed by atoms with Crippen molar-refractivity contribution in [2.45, 2.75) is 12.8 Å². The van der Waals surface area contributed by atoms with Gasteiger partial charge in [-0.2, -0.15) is 4.68 Å². The molecule has 2 N–H and O–H groups in total. The molecule has 0 radical (unpaired) electrons. The third-order valence-corrected chi connectivity index (χ3v) is 3.75. The van der Waals surface area contributed by atoms with Gasteiger partial charge in [0.05, 0.1) is 5.69 Å². The van der Waals surface area contributed by atoms with Crippen molar-refractivity contribution in [2.75, 3.05) is 18.8 Å². The van der Waals surface area contributed by atoms with E-state index in [0.29, 0.717) is 16.5 Å². The Kier molecular flexibility index (Phi) is 3.16. The van der Waals surface area contributed by atoms with Crippen molar-refractivity contribution in [1.82, 2.24) is 19.9 Å². The van der Waals surface area contributed by atoms with Crippen LogP contribution in [0.2, 0.25) is 0 Å². The van der Waals surface area contributed by atoms with Crippen LogP contribution in [0, 0.1) is 0 Å². The zero-order valence-corrected chi connectivity index (χ0v) is 11.3. The number of benzene rings is 1. The minimum atomic E-state index is 0.503. The molecule has 2 aromatic rings. The van der Waals surface area contributed by atoms with Crippen molar-refractivity contribution in [3.63, 3.8) is 0 Å². The van der Waals surface area contributed by atoms with E-state index in [4.69, 9.17) is 18.0 Å². The summed E-state index contributed by atoms with van der Waals surface area (Å²) in [6, 6.07) is 9.71. The van der Waals surface area contributed by atoms with Crippen LogP contribution in [-0.4, -0.2) is 38.0 Å². The number of aromatic nitrogens is 3. The number of nitrogens with zero attached hydrogens (tertiary/aromatic N) is 4. The number of anilines is 1. The number of hydrogen-bond donors (Lipinski definition) is 1. The average Bonchev–Trinajstić information content (AvgIpc) is 3.08. The summed E-state index contributed by atoms with van der Waals surface area (Å²) in [5.41, 5.74) is 7.63. The fourth-order valence-electron chi connectivity index (χ4n) is 2.27. The Bertz CT molecular complexity index is 586. The maximum absolute atomic E-state index is 6.13. The van der Waals surface area contributed by atoms with Crippen LogP contribution >= 0.6 is 12.2 Å². The van der Waals surface area contributed by atoms with Gasteiger partial charge in [0.25, 0.3) is 0 Å². The molecule has 2 heterocycles. The molecule has 1 saturated heterocycles. The van der Waals surface area contributed by atoms with Crippen LogP contribution in [0.1, 0.15) is 18.5 Å². The molecule has 1 aromatic carbocycles. The second kappa shape index (κ2) is 4.97. The Morgan fingerprint density at radius 2 is 1.84 bits per heavy atom. The molecule has 6 heteroatoms. The molecule has 0 unspecified atom stereocenters. The molecular weight excluding hydrogens is 258 g/mol. The predicted octanol–water partition coefficient (Wildman–Crippen LogP) is 1.62. The molecule has 1 aromatic heterocycles. The molecule has 5 nitrogen and oxygen atoms in total. The topological polar surface area (TPSA) is 60.0 Å². The van der Waals surface area contributed by atoms with Gasteiger partial charge in [-0.1, -0.05) is 35.6 Å². The van der Waals surface area contributed by atoms with Crippen LogP contribution in [-0.2, 0) is 0 Å².